The van der Waals surface area contributed by atoms with Crippen LogP contribution < -0.4 is 5.73 Å². The molecule has 0 fully saturated rings. The Balaban J connectivity index is 2.74. The van der Waals surface area contributed by atoms with Gasteiger partial charge in [0.05, 0.1) is 0 Å². The van der Waals surface area contributed by atoms with Crippen molar-refractivity contribution in [2.75, 3.05) is 5.73 Å². The highest BCUT2D eigenvalue weighted by molar-refractivity contribution is 5.89. The van der Waals surface area contributed by atoms with Crippen LogP contribution in [0.15, 0.2) is 24.3 Å². The molecule has 0 amide bonds. The molecular weight excluding hydrogens is 172 g/mol. The third-order valence-electron chi connectivity index (χ3n) is 2.76. The van der Waals surface area contributed by atoms with E-state index in [9.17, 15) is 0 Å². The number of aryl methyl sites for hydroxylation is 2. The van der Waals surface area contributed by atoms with Crippen LogP contribution in [0.2, 0.25) is 0 Å². The van der Waals surface area contributed by atoms with E-state index in [-0.39, 0.29) is 0 Å². The van der Waals surface area contributed by atoms with E-state index in [0.717, 1.165) is 18.7 Å². The minimum Gasteiger partial charge on any atom is -0.385 e. The van der Waals surface area contributed by atoms with Gasteiger partial charge in [-0.3, -0.25) is 0 Å². The van der Waals surface area contributed by atoms with Crippen LogP contribution in [0.1, 0.15) is 18.9 Å². The second-order valence-electron chi connectivity index (χ2n) is 3.69. The minimum absolute atomic E-state index is 0.910. The zero-order chi connectivity index (χ0) is 10.1. The van der Waals surface area contributed by atoms with Crippen LogP contribution in [0.3, 0.4) is 0 Å². The van der Waals surface area contributed by atoms with Crippen LogP contribution in [-0.4, -0.2) is 4.57 Å². The van der Waals surface area contributed by atoms with Crippen LogP contribution in [-0.2, 0) is 13.5 Å². The lowest BCUT2D eigenvalue weighted by Gasteiger charge is -1.99. The Morgan fingerprint density at radius 1 is 1.29 bits per heavy atom. The summed E-state index contributed by atoms with van der Waals surface area (Å²) >= 11 is 0. The van der Waals surface area contributed by atoms with Gasteiger partial charge < -0.3 is 10.3 Å². The van der Waals surface area contributed by atoms with Crippen molar-refractivity contribution in [3.05, 3.63) is 29.8 Å². The lowest BCUT2D eigenvalue weighted by molar-refractivity contribution is 0.912. The molecule has 0 unspecified atom stereocenters. The quantitative estimate of drug-likeness (QED) is 0.771. The molecule has 0 atom stereocenters. The molecule has 14 heavy (non-hydrogen) atoms. The smallest absolute Gasteiger partial charge is 0.107 e. The summed E-state index contributed by atoms with van der Waals surface area (Å²) in [5, 5.41) is 1.30. The zero-order valence-corrected chi connectivity index (χ0v) is 8.75. The summed E-state index contributed by atoms with van der Waals surface area (Å²) in [5.41, 5.74) is 8.59. The molecule has 1 aromatic heterocycles. The van der Waals surface area contributed by atoms with Gasteiger partial charge in [0.2, 0.25) is 0 Å². The summed E-state index contributed by atoms with van der Waals surface area (Å²) in [7, 11) is 2.02. The summed E-state index contributed by atoms with van der Waals surface area (Å²) in [6, 6.07) is 8.39. The first-order chi connectivity index (χ1) is 6.75. The van der Waals surface area contributed by atoms with Crippen LogP contribution in [0.4, 0.5) is 5.82 Å². The number of aromatic nitrogens is 1. The number of hydrogen-bond donors (Lipinski definition) is 1. The number of nitrogens with zero attached hydrogens (tertiary/aromatic N) is 1. The second-order valence-corrected chi connectivity index (χ2v) is 3.69. The number of nitrogens with two attached hydrogens (primary N) is 1. The third kappa shape index (κ3) is 1.18. The maximum Gasteiger partial charge on any atom is 0.107 e. The molecule has 2 rings (SSSR count). The summed E-state index contributed by atoms with van der Waals surface area (Å²) in [6.45, 7) is 2.18. The van der Waals surface area contributed by atoms with E-state index in [2.05, 4.69) is 35.8 Å². The molecule has 0 radical (unpaired) electrons. The largest absolute Gasteiger partial charge is 0.385 e. The van der Waals surface area contributed by atoms with Crippen LogP contribution in [0.25, 0.3) is 10.9 Å². The van der Waals surface area contributed by atoms with Crippen LogP contribution >= 0.6 is 0 Å². The molecule has 0 aliphatic rings. The van der Waals surface area contributed by atoms with E-state index < -0.39 is 0 Å². The van der Waals surface area contributed by atoms with Gasteiger partial charge >= 0.3 is 0 Å². The maximum atomic E-state index is 6.06. The van der Waals surface area contributed by atoms with Crippen molar-refractivity contribution in [3.63, 3.8) is 0 Å². The van der Waals surface area contributed by atoms with Gasteiger partial charge in [0.15, 0.2) is 0 Å². The molecule has 2 aromatic rings. The third-order valence-corrected chi connectivity index (χ3v) is 2.76. The van der Waals surface area contributed by atoms with Crippen molar-refractivity contribution in [2.45, 2.75) is 19.8 Å². The van der Waals surface area contributed by atoms with Crippen molar-refractivity contribution in [2.24, 2.45) is 7.05 Å². The van der Waals surface area contributed by atoms with Gasteiger partial charge in [-0.15, -0.1) is 0 Å². The highest BCUT2D eigenvalue weighted by Crippen LogP contribution is 2.27. The van der Waals surface area contributed by atoms with E-state index in [4.69, 9.17) is 5.73 Å². The van der Waals surface area contributed by atoms with E-state index in [1.807, 2.05) is 7.05 Å². The van der Waals surface area contributed by atoms with E-state index in [1.54, 1.807) is 0 Å². The van der Waals surface area contributed by atoms with Gasteiger partial charge in [-0.2, -0.15) is 0 Å². The molecule has 0 aliphatic heterocycles. The summed E-state index contributed by atoms with van der Waals surface area (Å²) in [5.74, 6) is 0.910. The topological polar surface area (TPSA) is 30.9 Å². The Morgan fingerprint density at radius 2 is 2.00 bits per heavy atom. The van der Waals surface area contributed by atoms with E-state index >= 15 is 0 Å². The summed E-state index contributed by atoms with van der Waals surface area (Å²) in [4.78, 5) is 0. The number of fused-ring (bicyclic) bond motifs is 1. The van der Waals surface area contributed by atoms with Crippen molar-refractivity contribution in [3.8, 4) is 0 Å². The Morgan fingerprint density at radius 3 is 2.71 bits per heavy atom. The standard InChI is InChI=1S/C12H16N2/c1-3-6-10-9-7-4-5-8-11(9)14(2)12(10)13/h4-5,7-8H,3,6,13H2,1-2H3. The number of para-hydroxylation sites is 1. The fourth-order valence-corrected chi connectivity index (χ4v) is 2.00. The number of anilines is 1. The van der Waals surface area contributed by atoms with Gasteiger partial charge in [-0.25, -0.2) is 0 Å². The minimum atomic E-state index is 0.910. The van der Waals surface area contributed by atoms with E-state index in [1.165, 1.54) is 16.5 Å². The van der Waals surface area contributed by atoms with Crippen molar-refractivity contribution in [1.82, 2.24) is 4.57 Å². The van der Waals surface area contributed by atoms with Gasteiger partial charge in [-0.1, -0.05) is 31.5 Å². The van der Waals surface area contributed by atoms with Crippen molar-refractivity contribution in [1.29, 1.82) is 0 Å². The Labute approximate surface area is 84.3 Å². The molecule has 2 heteroatoms. The molecule has 2 N–H and O–H groups in total. The number of nitrogen functional groups attached to an aromatic ring is 1. The first kappa shape index (κ1) is 9.13. The number of benzene rings is 1. The van der Waals surface area contributed by atoms with E-state index in [0.29, 0.717) is 0 Å². The predicted octanol–water partition coefficient (Wildman–Crippen LogP) is 2.71. The van der Waals surface area contributed by atoms with Gasteiger partial charge in [0.1, 0.15) is 5.82 Å². The monoisotopic (exact) mass is 188 g/mol. The Bertz CT molecular complexity index is 455. The first-order valence-corrected chi connectivity index (χ1v) is 5.07. The Hall–Kier alpha value is -1.44. The molecule has 0 saturated heterocycles. The van der Waals surface area contributed by atoms with Crippen LogP contribution in [0, 0.1) is 0 Å². The molecule has 0 aliphatic carbocycles. The summed E-state index contributed by atoms with van der Waals surface area (Å²) in [6.07, 6.45) is 2.20. The molecular formula is C12H16N2. The fraction of sp³-hybridized carbons (Fsp3) is 0.333. The highest BCUT2D eigenvalue weighted by atomic mass is 15.0. The van der Waals surface area contributed by atoms with Crippen molar-refractivity contribution < 1.29 is 0 Å². The van der Waals surface area contributed by atoms with Gasteiger partial charge in [-0.05, 0) is 12.5 Å². The molecule has 2 nitrogen and oxygen atoms in total. The number of rotatable bonds is 2. The highest BCUT2D eigenvalue weighted by Gasteiger charge is 2.10. The lowest BCUT2D eigenvalue weighted by Crippen LogP contribution is -1.98. The molecule has 0 bridgehead atoms. The second kappa shape index (κ2) is 3.37. The first-order valence-electron chi connectivity index (χ1n) is 5.07. The molecule has 74 valence electrons. The molecule has 1 heterocycles. The molecule has 0 spiro atoms. The maximum absolute atomic E-state index is 6.06. The molecule has 1 aromatic carbocycles. The predicted molar refractivity (Wildman–Crippen MR) is 61.3 cm³/mol. The normalized spacial score (nSPS) is 11.0. The van der Waals surface area contributed by atoms with Gasteiger partial charge in [0.25, 0.3) is 0 Å². The summed E-state index contributed by atoms with van der Waals surface area (Å²) < 4.78 is 2.07. The number of hydrogen-bond acceptors (Lipinski definition) is 1. The van der Waals surface area contributed by atoms with Crippen LogP contribution in [0.5, 0.6) is 0 Å². The fourth-order valence-electron chi connectivity index (χ4n) is 2.00. The zero-order valence-electron chi connectivity index (χ0n) is 8.75. The Kier molecular flexibility index (Phi) is 2.20. The molecule has 0 saturated carbocycles. The SMILES string of the molecule is CCCc1c(N)n(C)c2ccccc12. The lowest BCUT2D eigenvalue weighted by atomic mass is 10.1. The van der Waals surface area contributed by atoms with Crippen molar-refractivity contribution >= 4 is 16.7 Å². The van der Waals surface area contributed by atoms with Gasteiger partial charge in [0, 0.05) is 23.5 Å². The average Bonchev–Trinajstić information content (AvgIpc) is 2.45. The average molecular weight is 188 g/mol.